The van der Waals surface area contributed by atoms with Crippen LogP contribution < -0.4 is 5.73 Å². The lowest BCUT2D eigenvalue weighted by molar-refractivity contribution is -0.119. The van der Waals surface area contributed by atoms with E-state index >= 15 is 0 Å². The summed E-state index contributed by atoms with van der Waals surface area (Å²) in [5, 5.41) is 21.0. The van der Waals surface area contributed by atoms with Gasteiger partial charge in [0.15, 0.2) is 17.7 Å². The summed E-state index contributed by atoms with van der Waals surface area (Å²) in [5.74, 6) is 0.189. The van der Waals surface area contributed by atoms with Gasteiger partial charge in [-0.3, -0.25) is 4.57 Å². The number of nitrogen functional groups attached to an aromatic ring is 1. The first-order valence-electron chi connectivity index (χ1n) is 6.94. The second-order valence-corrected chi connectivity index (χ2v) is 5.73. The zero-order chi connectivity index (χ0) is 16.1. The predicted octanol–water partition coefficient (Wildman–Crippen LogP) is 0.168. The zero-order valence-corrected chi connectivity index (χ0v) is 12.3. The molecule has 4 atom stereocenters. The molecule has 0 radical (unpaired) electrons. The molecule has 0 aliphatic carbocycles. The van der Waals surface area contributed by atoms with E-state index in [4.69, 9.17) is 10.5 Å². The standard InChI is InChI=1S/C13H18FN5O3/c1-3-13(4-14)10(20)12(2,21)11(22-13)19-6-18-7-8(15)16-5-17-9(7)19/h5-6,10-11,20-21H,3-4H2,1-2H3,(H2,15,16,17). The Labute approximate surface area is 125 Å². The number of imidazole rings is 1. The fraction of sp³-hybridized carbons (Fsp3) is 0.615. The first-order valence-corrected chi connectivity index (χ1v) is 6.94. The summed E-state index contributed by atoms with van der Waals surface area (Å²) in [6.07, 6.45) is 0.416. The van der Waals surface area contributed by atoms with E-state index in [2.05, 4.69) is 15.0 Å². The van der Waals surface area contributed by atoms with Gasteiger partial charge < -0.3 is 20.7 Å². The van der Waals surface area contributed by atoms with Crippen LogP contribution in [0.25, 0.3) is 11.2 Å². The van der Waals surface area contributed by atoms with Crippen LogP contribution in [0, 0.1) is 0 Å². The average Bonchev–Trinajstić information content (AvgIpc) is 3.00. The van der Waals surface area contributed by atoms with Crippen LogP contribution in [0.2, 0.25) is 0 Å². The highest BCUT2D eigenvalue weighted by Crippen LogP contribution is 2.46. The molecule has 1 aliphatic heterocycles. The summed E-state index contributed by atoms with van der Waals surface area (Å²) in [7, 11) is 0. The maximum absolute atomic E-state index is 13.5. The van der Waals surface area contributed by atoms with Crippen molar-refractivity contribution in [3.63, 3.8) is 0 Å². The van der Waals surface area contributed by atoms with Crippen LogP contribution in [-0.4, -0.2) is 53.7 Å². The molecule has 1 saturated heterocycles. The van der Waals surface area contributed by atoms with Crippen molar-refractivity contribution in [3.05, 3.63) is 12.7 Å². The molecule has 0 spiro atoms. The summed E-state index contributed by atoms with van der Waals surface area (Å²) >= 11 is 0. The molecule has 4 unspecified atom stereocenters. The van der Waals surface area contributed by atoms with E-state index in [9.17, 15) is 14.6 Å². The summed E-state index contributed by atoms with van der Waals surface area (Å²) in [6.45, 7) is 2.17. The van der Waals surface area contributed by atoms with E-state index in [0.717, 1.165) is 0 Å². The molecule has 1 aliphatic rings. The van der Waals surface area contributed by atoms with Crippen LogP contribution in [0.3, 0.4) is 0 Å². The normalized spacial score (nSPS) is 35.3. The van der Waals surface area contributed by atoms with Crippen molar-refractivity contribution in [2.45, 2.75) is 43.8 Å². The molecule has 0 saturated carbocycles. The number of ether oxygens (including phenoxy) is 1. The van der Waals surface area contributed by atoms with Crippen molar-refractivity contribution in [3.8, 4) is 0 Å². The Bertz CT molecular complexity index is 700. The van der Waals surface area contributed by atoms with Crippen LogP contribution in [0.4, 0.5) is 10.2 Å². The number of hydrogen-bond donors (Lipinski definition) is 3. The van der Waals surface area contributed by atoms with Crippen molar-refractivity contribution in [1.29, 1.82) is 0 Å². The topological polar surface area (TPSA) is 119 Å². The van der Waals surface area contributed by atoms with Gasteiger partial charge in [0.05, 0.1) is 6.33 Å². The maximum atomic E-state index is 13.5. The largest absolute Gasteiger partial charge is 0.387 e. The number of aliphatic hydroxyl groups is 2. The minimum absolute atomic E-state index is 0.189. The van der Waals surface area contributed by atoms with Gasteiger partial charge in [0.2, 0.25) is 0 Å². The Morgan fingerprint density at radius 1 is 1.45 bits per heavy atom. The zero-order valence-electron chi connectivity index (χ0n) is 12.3. The van der Waals surface area contributed by atoms with Gasteiger partial charge in [-0.25, -0.2) is 19.3 Å². The summed E-state index contributed by atoms with van der Waals surface area (Å²) in [6, 6.07) is 0. The molecule has 2 aromatic heterocycles. The number of hydrogen-bond acceptors (Lipinski definition) is 7. The van der Waals surface area contributed by atoms with Gasteiger partial charge in [0.25, 0.3) is 0 Å². The molecule has 9 heteroatoms. The number of halogens is 1. The Morgan fingerprint density at radius 2 is 2.18 bits per heavy atom. The molecule has 8 nitrogen and oxygen atoms in total. The van der Waals surface area contributed by atoms with Gasteiger partial charge in [0.1, 0.15) is 35.8 Å². The third kappa shape index (κ3) is 1.82. The van der Waals surface area contributed by atoms with Gasteiger partial charge in [0, 0.05) is 0 Å². The molecule has 4 N–H and O–H groups in total. The summed E-state index contributed by atoms with van der Waals surface area (Å²) < 4.78 is 20.6. The van der Waals surface area contributed by atoms with Crippen molar-refractivity contribution in [2.24, 2.45) is 0 Å². The highest BCUT2D eigenvalue weighted by molar-refractivity contribution is 5.81. The van der Waals surface area contributed by atoms with Gasteiger partial charge >= 0.3 is 0 Å². The maximum Gasteiger partial charge on any atom is 0.168 e. The monoisotopic (exact) mass is 311 g/mol. The molecule has 1 fully saturated rings. The molecule has 0 aromatic carbocycles. The number of nitrogens with zero attached hydrogens (tertiary/aromatic N) is 4. The number of fused-ring (bicyclic) bond motifs is 1. The van der Waals surface area contributed by atoms with Crippen molar-refractivity contribution < 1.29 is 19.3 Å². The molecule has 22 heavy (non-hydrogen) atoms. The second kappa shape index (κ2) is 4.83. The lowest BCUT2D eigenvalue weighted by Crippen LogP contribution is -2.50. The van der Waals surface area contributed by atoms with Crippen LogP contribution in [0.1, 0.15) is 26.5 Å². The fourth-order valence-electron chi connectivity index (χ4n) is 2.93. The van der Waals surface area contributed by atoms with Gasteiger partial charge in [-0.05, 0) is 13.3 Å². The number of aromatic nitrogens is 4. The number of rotatable bonds is 3. The van der Waals surface area contributed by atoms with Crippen LogP contribution >= 0.6 is 0 Å². The highest BCUT2D eigenvalue weighted by atomic mass is 19.1. The number of nitrogens with two attached hydrogens (primary N) is 1. The Kier molecular flexibility index (Phi) is 3.31. The SMILES string of the molecule is CCC1(CF)OC(n2cnc3c(N)ncnc32)C(C)(O)C1O. The molecule has 3 rings (SSSR count). The summed E-state index contributed by atoms with van der Waals surface area (Å²) in [5.41, 5.74) is 3.24. The van der Waals surface area contributed by atoms with Gasteiger partial charge in [-0.1, -0.05) is 6.92 Å². The molecule has 120 valence electrons. The van der Waals surface area contributed by atoms with E-state index < -0.39 is 30.2 Å². The number of anilines is 1. The first kappa shape index (κ1) is 15.1. The van der Waals surface area contributed by atoms with Gasteiger partial charge in [-0.2, -0.15) is 0 Å². The van der Waals surface area contributed by atoms with Crippen LogP contribution in [0.15, 0.2) is 12.7 Å². The molecule has 2 aromatic rings. The quantitative estimate of drug-likeness (QED) is 0.739. The number of alkyl halides is 1. The average molecular weight is 311 g/mol. The van der Waals surface area contributed by atoms with E-state index in [0.29, 0.717) is 11.2 Å². The molecule has 3 heterocycles. The summed E-state index contributed by atoms with van der Waals surface area (Å²) in [4.78, 5) is 12.0. The first-order chi connectivity index (χ1) is 10.4. The lowest BCUT2D eigenvalue weighted by Gasteiger charge is -2.29. The molecule has 0 bridgehead atoms. The van der Waals surface area contributed by atoms with Crippen molar-refractivity contribution in [1.82, 2.24) is 19.5 Å². The third-order valence-corrected chi connectivity index (χ3v) is 4.36. The number of aliphatic hydroxyl groups excluding tert-OH is 1. The van der Waals surface area contributed by atoms with Crippen molar-refractivity contribution >= 4 is 17.0 Å². The van der Waals surface area contributed by atoms with E-state index in [-0.39, 0.29) is 12.2 Å². The van der Waals surface area contributed by atoms with Crippen molar-refractivity contribution in [2.75, 3.05) is 12.4 Å². The minimum Gasteiger partial charge on any atom is -0.387 e. The smallest absolute Gasteiger partial charge is 0.168 e. The van der Waals surface area contributed by atoms with Crippen LogP contribution in [-0.2, 0) is 4.74 Å². The lowest BCUT2D eigenvalue weighted by atomic mass is 9.86. The predicted molar refractivity (Wildman–Crippen MR) is 75.5 cm³/mol. The molecular weight excluding hydrogens is 293 g/mol. The Hall–Kier alpha value is -1.84. The third-order valence-electron chi connectivity index (χ3n) is 4.36. The van der Waals surface area contributed by atoms with E-state index in [1.807, 2.05) is 0 Å². The minimum atomic E-state index is -1.71. The highest BCUT2D eigenvalue weighted by Gasteiger charge is 2.61. The Balaban J connectivity index is 2.12. The van der Waals surface area contributed by atoms with Crippen LogP contribution in [0.5, 0.6) is 0 Å². The molecule has 0 amide bonds. The molecular formula is C13H18FN5O3. The van der Waals surface area contributed by atoms with E-state index in [1.165, 1.54) is 24.1 Å². The second-order valence-electron chi connectivity index (χ2n) is 5.73. The Morgan fingerprint density at radius 3 is 2.77 bits per heavy atom. The fourth-order valence-corrected chi connectivity index (χ4v) is 2.93. The van der Waals surface area contributed by atoms with Gasteiger partial charge in [-0.15, -0.1) is 0 Å². The van der Waals surface area contributed by atoms with E-state index in [1.54, 1.807) is 6.92 Å².